The summed E-state index contributed by atoms with van der Waals surface area (Å²) in [6.45, 7) is 3.76. The van der Waals surface area contributed by atoms with Crippen molar-refractivity contribution in [2.75, 3.05) is 0 Å². The molecule has 0 spiro atoms. The molecule has 7 heteroatoms. The van der Waals surface area contributed by atoms with Gasteiger partial charge >= 0.3 is 0 Å². The molecule has 0 saturated carbocycles. The second kappa shape index (κ2) is 7.56. The van der Waals surface area contributed by atoms with E-state index in [0.717, 1.165) is 16.5 Å². The van der Waals surface area contributed by atoms with E-state index in [9.17, 15) is 4.79 Å². The third-order valence-electron chi connectivity index (χ3n) is 4.44. The van der Waals surface area contributed by atoms with Crippen molar-refractivity contribution in [3.05, 3.63) is 72.1 Å². The molecule has 7 nitrogen and oxygen atoms in total. The second-order valence-corrected chi connectivity index (χ2v) is 6.41. The van der Waals surface area contributed by atoms with Gasteiger partial charge in [0, 0.05) is 29.8 Å². The molecule has 1 atom stereocenters. The highest BCUT2D eigenvalue weighted by Crippen LogP contribution is 2.25. The van der Waals surface area contributed by atoms with Gasteiger partial charge in [-0.2, -0.15) is 4.98 Å². The molecule has 0 saturated heterocycles. The summed E-state index contributed by atoms with van der Waals surface area (Å²) < 4.78 is 5.24. The molecule has 3 aromatic heterocycles. The third kappa shape index (κ3) is 3.46. The highest BCUT2D eigenvalue weighted by atomic mass is 16.5. The Bertz CT molecular complexity index is 1120. The van der Waals surface area contributed by atoms with Gasteiger partial charge in [0.05, 0.1) is 16.8 Å². The van der Waals surface area contributed by atoms with E-state index in [1.165, 1.54) is 0 Å². The van der Waals surface area contributed by atoms with Gasteiger partial charge in [-0.15, -0.1) is 0 Å². The fraction of sp³-hybridized carbons (Fsp3) is 0.190. The molecule has 28 heavy (non-hydrogen) atoms. The van der Waals surface area contributed by atoms with Crippen LogP contribution in [0.2, 0.25) is 0 Å². The molecular formula is C21H19N5O2. The lowest BCUT2D eigenvalue weighted by atomic mass is 10.0. The second-order valence-electron chi connectivity index (χ2n) is 6.41. The molecular weight excluding hydrogens is 354 g/mol. The van der Waals surface area contributed by atoms with Crippen molar-refractivity contribution in [3.63, 3.8) is 0 Å². The number of hydrogen-bond acceptors (Lipinski definition) is 6. The van der Waals surface area contributed by atoms with Crippen molar-refractivity contribution in [3.8, 4) is 11.3 Å². The molecule has 0 fully saturated rings. The highest BCUT2D eigenvalue weighted by molar-refractivity contribution is 6.07. The van der Waals surface area contributed by atoms with Crippen LogP contribution in [-0.2, 0) is 6.42 Å². The van der Waals surface area contributed by atoms with Gasteiger partial charge in [0.15, 0.2) is 5.82 Å². The van der Waals surface area contributed by atoms with Crippen LogP contribution >= 0.6 is 0 Å². The third-order valence-corrected chi connectivity index (χ3v) is 4.44. The number of nitrogens with zero attached hydrogens (tertiary/aromatic N) is 4. The fourth-order valence-electron chi connectivity index (χ4n) is 2.95. The van der Waals surface area contributed by atoms with Crippen molar-refractivity contribution in [1.29, 1.82) is 0 Å². The smallest absolute Gasteiger partial charge is 0.252 e. The van der Waals surface area contributed by atoms with Gasteiger partial charge in [0.25, 0.3) is 5.91 Å². The number of pyridine rings is 2. The summed E-state index contributed by atoms with van der Waals surface area (Å²) in [5.41, 5.74) is 2.81. The van der Waals surface area contributed by atoms with E-state index in [4.69, 9.17) is 4.52 Å². The summed E-state index contributed by atoms with van der Waals surface area (Å²) in [5, 5.41) is 7.60. The van der Waals surface area contributed by atoms with Crippen molar-refractivity contribution >= 4 is 16.8 Å². The van der Waals surface area contributed by atoms with Gasteiger partial charge in [-0.05, 0) is 31.2 Å². The van der Waals surface area contributed by atoms with Crippen molar-refractivity contribution in [2.24, 2.45) is 0 Å². The molecule has 0 aliphatic rings. The van der Waals surface area contributed by atoms with Gasteiger partial charge in [0.1, 0.15) is 6.04 Å². The van der Waals surface area contributed by atoms with Gasteiger partial charge in [-0.3, -0.25) is 9.78 Å². The lowest BCUT2D eigenvalue weighted by Crippen LogP contribution is -2.27. The van der Waals surface area contributed by atoms with Crippen LogP contribution < -0.4 is 5.32 Å². The number of benzene rings is 1. The maximum Gasteiger partial charge on any atom is 0.252 e. The number of nitrogens with one attached hydrogen (secondary N) is 1. The molecule has 0 bridgehead atoms. The number of fused-ring (bicyclic) bond motifs is 1. The molecule has 4 rings (SSSR count). The van der Waals surface area contributed by atoms with Crippen LogP contribution in [0.15, 0.2) is 59.4 Å². The van der Waals surface area contributed by atoms with Gasteiger partial charge < -0.3 is 9.84 Å². The highest BCUT2D eigenvalue weighted by Gasteiger charge is 2.20. The minimum absolute atomic E-state index is 0.229. The Hall–Kier alpha value is -3.61. The molecule has 0 radical (unpaired) electrons. The number of hydrogen-bond donors (Lipinski definition) is 1. The van der Waals surface area contributed by atoms with Gasteiger partial charge in [-0.25, -0.2) is 4.98 Å². The zero-order chi connectivity index (χ0) is 19.5. The van der Waals surface area contributed by atoms with E-state index in [0.29, 0.717) is 29.4 Å². The molecule has 3 heterocycles. The molecule has 1 amide bonds. The number of carbonyl (C=O) groups is 1. The lowest BCUT2D eigenvalue weighted by molar-refractivity contribution is 0.0934. The Labute approximate surface area is 161 Å². The largest absolute Gasteiger partial charge is 0.340 e. The van der Waals surface area contributed by atoms with Crippen LogP contribution in [-0.4, -0.2) is 26.0 Å². The fourth-order valence-corrected chi connectivity index (χ4v) is 2.95. The summed E-state index contributed by atoms with van der Waals surface area (Å²) in [6.07, 6.45) is 4.11. The molecule has 1 N–H and O–H groups in total. The molecule has 4 aromatic rings. The van der Waals surface area contributed by atoms with Crippen LogP contribution in [0, 0.1) is 0 Å². The normalized spacial score (nSPS) is 12.1. The maximum atomic E-state index is 13.1. The van der Waals surface area contributed by atoms with E-state index >= 15 is 0 Å². The predicted octanol–water partition coefficient (Wildman–Crippen LogP) is 3.73. The van der Waals surface area contributed by atoms with E-state index in [1.807, 2.05) is 50.2 Å². The molecule has 1 unspecified atom stereocenters. The average Bonchev–Trinajstić information content (AvgIpc) is 3.23. The molecule has 0 aliphatic heterocycles. The first-order valence-electron chi connectivity index (χ1n) is 9.09. The molecule has 0 aliphatic carbocycles. The summed E-state index contributed by atoms with van der Waals surface area (Å²) in [4.78, 5) is 26.2. The van der Waals surface area contributed by atoms with E-state index in [1.54, 1.807) is 18.5 Å². The Morgan fingerprint density at radius 1 is 1.18 bits per heavy atom. The monoisotopic (exact) mass is 373 g/mol. The molecule has 140 valence electrons. The first-order valence-corrected chi connectivity index (χ1v) is 9.09. The maximum absolute atomic E-state index is 13.1. The van der Waals surface area contributed by atoms with Crippen LogP contribution in [0.3, 0.4) is 0 Å². The number of para-hydroxylation sites is 1. The topological polar surface area (TPSA) is 93.8 Å². The van der Waals surface area contributed by atoms with Crippen LogP contribution in [0.1, 0.15) is 42.0 Å². The van der Waals surface area contributed by atoms with Crippen molar-refractivity contribution in [1.82, 2.24) is 25.4 Å². The first-order chi connectivity index (χ1) is 13.7. The van der Waals surface area contributed by atoms with E-state index < -0.39 is 6.04 Å². The Balaban J connectivity index is 1.71. The van der Waals surface area contributed by atoms with Crippen molar-refractivity contribution < 1.29 is 9.32 Å². The zero-order valence-electron chi connectivity index (χ0n) is 15.6. The number of amides is 1. The minimum atomic E-state index is -0.408. The summed E-state index contributed by atoms with van der Waals surface area (Å²) in [5.74, 6) is 0.771. The number of aryl methyl sites for hydroxylation is 1. The summed E-state index contributed by atoms with van der Waals surface area (Å²) in [7, 11) is 0. The summed E-state index contributed by atoms with van der Waals surface area (Å²) >= 11 is 0. The molecule has 1 aromatic carbocycles. The number of carbonyl (C=O) groups excluding carboxylic acids is 1. The van der Waals surface area contributed by atoms with Gasteiger partial charge in [-0.1, -0.05) is 30.3 Å². The first kappa shape index (κ1) is 17.8. The Morgan fingerprint density at radius 2 is 2.04 bits per heavy atom. The minimum Gasteiger partial charge on any atom is -0.340 e. The van der Waals surface area contributed by atoms with Crippen molar-refractivity contribution in [2.45, 2.75) is 26.3 Å². The summed E-state index contributed by atoms with van der Waals surface area (Å²) in [6, 6.07) is 12.7. The van der Waals surface area contributed by atoms with Crippen LogP contribution in [0.4, 0.5) is 0 Å². The van der Waals surface area contributed by atoms with Crippen LogP contribution in [0.5, 0.6) is 0 Å². The SMILES string of the molecule is CCc1noc(C(C)NC(=O)c2cc(-c3cccnc3)nc3ccccc23)n1. The van der Waals surface area contributed by atoms with Crippen LogP contribution in [0.25, 0.3) is 22.2 Å². The predicted molar refractivity (Wildman–Crippen MR) is 105 cm³/mol. The Morgan fingerprint density at radius 3 is 2.79 bits per heavy atom. The average molecular weight is 373 g/mol. The number of rotatable bonds is 5. The van der Waals surface area contributed by atoms with E-state index in [2.05, 4.69) is 25.4 Å². The number of aromatic nitrogens is 4. The quantitative estimate of drug-likeness (QED) is 0.573. The zero-order valence-corrected chi connectivity index (χ0v) is 15.6. The Kier molecular flexibility index (Phi) is 4.80. The van der Waals surface area contributed by atoms with Gasteiger partial charge in [0.2, 0.25) is 5.89 Å². The lowest BCUT2D eigenvalue weighted by Gasteiger charge is -2.13. The standard InChI is InChI=1S/C21H19N5O2/c1-3-19-25-21(28-26-19)13(2)23-20(27)16-11-18(14-7-6-10-22-12-14)24-17-9-5-4-8-15(16)17/h4-13H,3H2,1-2H3,(H,23,27). The van der Waals surface area contributed by atoms with E-state index in [-0.39, 0.29) is 5.91 Å².